The maximum absolute atomic E-state index is 12.9. The van der Waals surface area contributed by atoms with E-state index in [0.29, 0.717) is 42.9 Å². The first-order valence-electron chi connectivity index (χ1n) is 10.0. The van der Waals surface area contributed by atoms with E-state index in [1.807, 2.05) is 13.8 Å². The molecule has 2 amide bonds. The fraction of sp³-hybridized carbons (Fsp3) is 0.571. The predicted octanol–water partition coefficient (Wildman–Crippen LogP) is 2.20. The van der Waals surface area contributed by atoms with Crippen molar-refractivity contribution in [2.45, 2.75) is 52.2 Å². The third-order valence-corrected chi connectivity index (χ3v) is 5.91. The van der Waals surface area contributed by atoms with Crippen LogP contribution < -0.4 is 15.8 Å². The molecule has 1 saturated heterocycles. The summed E-state index contributed by atoms with van der Waals surface area (Å²) in [6.07, 6.45) is 1.56. The van der Waals surface area contributed by atoms with Gasteiger partial charge in [-0.1, -0.05) is 20.3 Å². The number of benzene rings is 1. The maximum atomic E-state index is 12.9. The normalized spacial score (nSPS) is 21.9. The molecule has 2 aliphatic rings. The molecule has 152 valence electrons. The van der Waals surface area contributed by atoms with Crippen molar-refractivity contribution in [1.29, 1.82) is 0 Å². The molecule has 0 aliphatic carbocycles. The molecular weight excluding hydrogens is 358 g/mol. The van der Waals surface area contributed by atoms with E-state index in [1.165, 1.54) is 0 Å². The van der Waals surface area contributed by atoms with Crippen molar-refractivity contribution in [3.63, 3.8) is 0 Å². The van der Waals surface area contributed by atoms with Crippen LogP contribution in [0.1, 0.15) is 50.4 Å². The highest BCUT2D eigenvalue weighted by molar-refractivity contribution is 6.02. The van der Waals surface area contributed by atoms with E-state index in [0.717, 1.165) is 6.42 Å². The van der Waals surface area contributed by atoms with Crippen LogP contribution in [-0.4, -0.2) is 47.7 Å². The van der Waals surface area contributed by atoms with Gasteiger partial charge in [0.25, 0.3) is 5.91 Å². The molecule has 2 aliphatic heterocycles. The van der Waals surface area contributed by atoms with E-state index in [2.05, 4.69) is 5.32 Å². The van der Waals surface area contributed by atoms with Gasteiger partial charge in [0.05, 0.1) is 11.7 Å². The van der Waals surface area contributed by atoms with Crippen molar-refractivity contribution in [3.05, 3.63) is 23.8 Å². The van der Waals surface area contributed by atoms with Crippen molar-refractivity contribution in [1.82, 2.24) is 4.90 Å². The van der Waals surface area contributed by atoms with Gasteiger partial charge in [-0.2, -0.15) is 0 Å². The van der Waals surface area contributed by atoms with Gasteiger partial charge in [0, 0.05) is 24.6 Å². The highest BCUT2D eigenvalue weighted by atomic mass is 16.5. The van der Waals surface area contributed by atoms with Gasteiger partial charge in [0.1, 0.15) is 5.75 Å². The number of piperidine rings is 1. The number of fused-ring (bicyclic) bond motifs is 1. The number of hydrogen-bond acceptors (Lipinski definition) is 5. The van der Waals surface area contributed by atoms with Crippen LogP contribution in [0.2, 0.25) is 0 Å². The molecule has 3 rings (SSSR count). The maximum Gasteiger partial charge on any atom is 0.265 e. The van der Waals surface area contributed by atoms with Crippen molar-refractivity contribution in [2.75, 3.05) is 18.4 Å². The minimum Gasteiger partial charge on any atom is -0.479 e. The molecule has 7 heteroatoms. The summed E-state index contributed by atoms with van der Waals surface area (Å²) in [5, 5.41) is 2.78. The van der Waals surface area contributed by atoms with Crippen LogP contribution in [0.3, 0.4) is 0 Å². The number of hydrogen-bond donors (Lipinski definition) is 2. The van der Waals surface area contributed by atoms with Crippen molar-refractivity contribution < 1.29 is 19.1 Å². The molecule has 0 aromatic heterocycles. The SMILES string of the molecule is CCC(C)C(N)C(=O)N1CCC(C(=O)c2ccc3c(c2)NC(=O)C(C)O3)CC1. The molecule has 2 heterocycles. The van der Waals surface area contributed by atoms with Crippen LogP contribution in [-0.2, 0) is 9.59 Å². The van der Waals surface area contributed by atoms with E-state index in [9.17, 15) is 14.4 Å². The first kappa shape index (κ1) is 20.3. The van der Waals surface area contributed by atoms with Crippen LogP contribution in [0.4, 0.5) is 5.69 Å². The van der Waals surface area contributed by atoms with Crippen molar-refractivity contribution in [2.24, 2.45) is 17.6 Å². The molecule has 1 aromatic rings. The molecule has 0 spiro atoms. The number of Topliss-reactive ketones (excluding diaryl/α,β-unsaturated/α-hetero) is 1. The fourth-order valence-corrected chi connectivity index (χ4v) is 3.67. The number of rotatable bonds is 5. The van der Waals surface area contributed by atoms with E-state index in [-0.39, 0.29) is 29.4 Å². The average molecular weight is 387 g/mol. The Bertz CT molecular complexity index is 771. The molecule has 3 unspecified atom stereocenters. The predicted molar refractivity (Wildman–Crippen MR) is 106 cm³/mol. The highest BCUT2D eigenvalue weighted by Gasteiger charge is 2.32. The van der Waals surface area contributed by atoms with Gasteiger partial charge in [-0.05, 0) is 43.9 Å². The number of ether oxygens (including phenoxy) is 1. The number of nitrogens with zero attached hydrogens (tertiary/aromatic N) is 1. The average Bonchev–Trinajstić information content (AvgIpc) is 2.72. The van der Waals surface area contributed by atoms with Gasteiger partial charge in [0.15, 0.2) is 11.9 Å². The third-order valence-electron chi connectivity index (χ3n) is 5.91. The Balaban J connectivity index is 1.62. The Hall–Kier alpha value is -2.41. The Morgan fingerprint density at radius 3 is 2.64 bits per heavy atom. The first-order valence-corrected chi connectivity index (χ1v) is 10.0. The number of carbonyl (C=O) groups excluding carboxylic acids is 3. The Labute approximate surface area is 165 Å². The lowest BCUT2D eigenvalue weighted by Gasteiger charge is -2.34. The fourth-order valence-electron chi connectivity index (χ4n) is 3.67. The second-order valence-corrected chi connectivity index (χ2v) is 7.84. The molecule has 3 atom stereocenters. The summed E-state index contributed by atoms with van der Waals surface area (Å²) in [5.74, 6) is 0.366. The van der Waals surface area contributed by atoms with Crippen molar-refractivity contribution >= 4 is 23.3 Å². The van der Waals surface area contributed by atoms with Gasteiger partial charge >= 0.3 is 0 Å². The topological polar surface area (TPSA) is 102 Å². The number of ketones is 1. The lowest BCUT2D eigenvalue weighted by Crippen LogP contribution is -2.50. The number of carbonyl (C=O) groups is 3. The minimum absolute atomic E-state index is 0.0250. The van der Waals surface area contributed by atoms with E-state index in [1.54, 1.807) is 30.0 Å². The van der Waals surface area contributed by atoms with Gasteiger partial charge in [0.2, 0.25) is 5.91 Å². The Morgan fingerprint density at radius 1 is 1.32 bits per heavy atom. The van der Waals surface area contributed by atoms with Gasteiger partial charge in [-0.15, -0.1) is 0 Å². The molecule has 0 bridgehead atoms. The van der Waals surface area contributed by atoms with Crippen molar-refractivity contribution in [3.8, 4) is 5.75 Å². The van der Waals surface area contributed by atoms with Gasteiger partial charge in [-0.3, -0.25) is 14.4 Å². The highest BCUT2D eigenvalue weighted by Crippen LogP contribution is 2.32. The summed E-state index contributed by atoms with van der Waals surface area (Å²) in [4.78, 5) is 39.0. The second kappa shape index (κ2) is 8.31. The number of anilines is 1. The standard InChI is InChI=1S/C21H29N3O4/c1-4-12(2)18(22)21(27)24-9-7-14(8-10-24)19(25)15-5-6-17-16(11-15)23-20(26)13(3)28-17/h5-6,11-14,18H,4,7-10,22H2,1-3H3,(H,23,26). The molecular formula is C21H29N3O4. The molecule has 28 heavy (non-hydrogen) atoms. The van der Waals surface area contributed by atoms with Crippen LogP contribution in [0.15, 0.2) is 18.2 Å². The number of likely N-dealkylation sites (tertiary alicyclic amines) is 1. The molecule has 0 saturated carbocycles. The first-order chi connectivity index (χ1) is 13.3. The van der Waals surface area contributed by atoms with E-state index in [4.69, 9.17) is 10.5 Å². The zero-order chi connectivity index (χ0) is 20.4. The van der Waals surface area contributed by atoms with Crippen LogP contribution in [0.25, 0.3) is 0 Å². The quantitative estimate of drug-likeness (QED) is 0.754. The number of amides is 2. The summed E-state index contributed by atoms with van der Waals surface area (Å²) in [7, 11) is 0. The van der Waals surface area contributed by atoms with Crippen LogP contribution >= 0.6 is 0 Å². The van der Waals surface area contributed by atoms with Crippen LogP contribution in [0, 0.1) is 11.8 Å². The monoisotopic (exact) mass is 387 g/mol. The largest absolute Gasteiger partial charge is 0.479 e. The molecule has 7 nitrogen and oxygen atoms in total. The molecule has 3 N–H and O–H groups in total. The van der Waals surface area contributed by atoms with Gasteiger partial charge in [-0.25, -0.2) is 0 Å². The van der Waals surface area contributed by atoms with Crippen LogP contribution in [0.5, 0.6) is 5.75 Å². The molecule has 0 radical (unpaired) electrons. The Kier molecular flexibility index (Phi) is 6.03. The summed E-state index contributed by atoms with van der Waals surface area (Å²) in [6.45, 7) is 6.77. The lowest BCUT2D eigenvalue weighted by molar-refractivity contribution is -0.135. The minimum atomic E-state index is -0.544. The number of nitrogens with two attached hydrogens (primary N) is 1. The molecule has 1 aromatic carbocycles. The second-order valence-electron chi connectivity index (χ2n) is 7.84. The van der Waals surface area contributed by atoms with E-state index >= 15 is 0 Å². The number of nitrogens with one attached hydrogen (secondary N) is 1. The Morgan fingerprint density at radius 2 is 2.00 bits per heavy atom. The zero-order valence-corrected chi connectivity index (χ0v) is 16.7. The summed E-state index contributed by atoms with van der Waals surface area (Å²) in [5.41, 5.74) is 7.15. The summed E-state index contributed by atoms with van der Waals surface area (Å²) < 4.78 is 5.54. The van der Waals surface area contributed by atoms with Gasteiger partial charge < -0.3 is 20.7 Å². The zero-order valence-electron chi connectivity index (χ0n) is 16.7. The third kappa shape index (κ3) is 4.04. The van der Waals surface area contributed by atoms with E-state index < -0.39 is 12.1 Å². The smallest absolute Gasteiger partial charge is 0.265 e. The molecule has 1 fully saturated rings. The summed E-state index contributed by atoms with van der Waals surface area (Å²) >= 11 is 0. The summed E-state index contributed by atoms with van der Waals surface area (Å²) in [6, 6.07) is 4.66. The lowest BCUT2D eigenvalue weighted by atomic mass is 9.88.